The van der Waals surface area contributed by atoms with Crippen molar-refractivity contribution in [3.63, 3.8) is 0 Å². The van der Waals surface area contributed by atoms with Crippen LogP contribution in [0.25, 0.3) is 10.8 Å². The van der Waals surface area contributed by atoms with Crippen molar-refractivity contribution in [1.82, 2.24) is 20.0 Å². The molecule has 0 bridgehead atoms. The third kappa shape index (κ3) is 4.81. The Kier molecular flexibility index (Phi) is 6.39. The second kappa shape index (κ2) is 9.20. The lowest BCUT2D eigenvalue weighted by molar-refractivity contribution is 0.0903. The van der Waals surface area contributed by atoms with Gasteiger partial charge in [0.25, 0.3) is 11.5 Å². The lowest BCUT2D eigenvalue weighted by Gasteiger charge is -2.32. The van der Waals surface area contributed by atoms with Crippen LogP contribution in [-0.2, 0) is 6.54 Å². The largest absolute Gasteiger partial charge is 0.348 e. The number of amides is 1. The van der Waals surface area contributed by atoms with Crippen molar-refractivity contribution in [2.24, 2.45) is 0 Å². The second-order valence-corrected chi connectivity index (χ2v) is 8.82. The molecule has 0 spiro atoms. The van der Waals surface area contributed by atoms with Crippen LogP contribution in [0.2, 0.25) is 5.02 Å². The van der Waals surface area contributed by atoms with E-state index in [9.17, 15) is 9.59 Å². The van der Waals surface area contributed by atoms with Gasteiger partial charge in [0.15, 0.2) is 5.69 Å². The molecule has 2 aromatic carbocycles. The van der Waals surface area contributed by atoms with E-state index in [0.29, 0.717) is 16.5 Å². The van der Waals surface area contributed by atoms with Crippen molar-refractivity contribution in [3.05, 3.63) is 75.2 Å². The summed E-state index contributed by atoms with van der Waals surface area (Å²) in [7, 11) is 0. The number of carbonyl (C=O) groups excluding carboxylic acids is 1. The van der Waals surface area contributed by atoms with Crippen LogP contribution >= 0.6 is 11.6 Å². The van der Waals surface area contributed by atoms with E-state index in [1.807, 2.05) is 38.1 Å². The normalized spacial score (nSPS) is 15.5. The number of hydrogen-bond donors (Lipinski definition) is 1. The summed E-state index contributed by atoms with van der Waals surface area (Å²) in [6.45, 7) is 6.48. The highest BCUT2D eigenvalue weighted by Crippen LogP contribution is 2.18. The molecule has 3 aromatic rings. The summed E-state index contributed by atoms with van der Waals surface area (Å²) in [5.41, 5.74) is 1.38. The van der Waals surface area contributed by atoms with Crippen molar-refractivity contribution >= 4 is 28.3 Å². The van der Waals surface area contributed by atoms with Gasteiger partial charge in [0.05, 0.1) is 11.4 Å². The number of nitrogens with one attached hydrogen (secondary N) is 1. The number of aromatic nitrogens is 2. The van der Waals surface area contributed by atoms with Crippen molar-refractivity contribution in [3.8, 4) is 0 Å². The first-order valence-corrected chi connectivity index (χ1v) is 11.1. The first kappa shape index (κ1) is 21.5. The summed E-state index contributed by atoms with van der Waals surface area (Å²) < 4.78 is 1.39. The van der Waals surface area contributed by atoms with Gasteiger partial charge in [0, 0.05) is 36.1 Å². The van der Waals surface area contributed by atoms with Crippen LogP contribution in [0.15, 0.2) is 53.3 Å². The van der Waals surface area contributed by atoms with Crippen LogP contribution in [0, 0.1) is 0 Å². The number of rotatable bonds is 5. The summed E-state index contributed by atoms with van der Waals surface area (Å²) in [6, 6.07) is 15.1. The standard InChI is InChI=1S/C24H27ClN4O2/c1-16(2)29-24(31)21-6-4-3-5-20(21)22(27-29)23(30)26-19-11-13-28(14-12-19)15-17-7-9-18(25)10-8-17/h3-10,16,19H,11-15H2,1-2H3,(H,26,30). The number of carbonyl (C=O) groups is 1. The molecule has 1 fully saturated rings. The monoisotopic (exact) mass is 438 g/mol. The Labute approximate surface area is 186 Å². The quantitative estimate of drug-likeness (QED) is 0.653. The van der Waals surface area contributed by atoms with Crippen molar-refractivity contribution in [2.75, 3.05) is 13.1 Å². The molecule has 7 heteroatoms. The van der Waals surface area contributed by atoms with Crippen LogP contribution in [0.5, 0.6) is 0 Å². The van der Waals surface area contributed by atoms with Gasteiger partial charge < -0.3 is 5.32 Å². The van der Waals surface area contributed by atoms with Gasteiger partial charge in [-0.25, -0.2) is 4.68 Å². The number of halogens is 1. The van der Waals surface area contributed by atoms with Gasteiger partial charge in [-0.1, -0.05) is 41.9 Å². The van der Waals surface area contributed by atoms with Gasteiger partial charge in [-0.05, 0) is 50.5 Å². The minimum atomic E-state index is -0.221. The molecule has 0 radical (unpaired) electrons. The molecule has 4 rings (SSSR count). The molecule has 1 aliphatic rings. The highest BCUT2D eigenvalue weighted by Gasteiger charge is 2.24. The number of likely N-dealkylation sites (tertiary alicyclic amines) is 1. The molecular weight excluding hydrogens is 412 g/mol. The lowest BCUT2D eigenvalue weighted by Crippen LogP contribution is -2.45. The molecule has 31 heavy (non-hydrogen) atoms. The van der Waals surface area contributed by atoms with Gasteiger partial charge in [-0.15, -0.1) is 0 Å². The topological polar surface area (TPSA) is 67.2 Å². The summed E-state index contributed by atoms with van der Waals surface area (Å²) in [4.78, 5) is 28.2. The maximum absolute atomic E-state index is 13.1. The third-order valence-corrected chi connectivity index (χ3v) is 6.03. The molecule has 0 saturated carbocycles. The molecule has 1 saturated heterocycles. The van der Waals surface area contributed by atoms with Crippen molar-refractivity contribution < 1.29 is 4.79 Å². The van der Waals surface area contributed by atoms with Crippen LogP contribution in [0.1, 0.15) is 48.8 Å². The highest BCUT2D eigenvalue weighted by atomic mass is 35.5. The zero-order valence-corrected chi connectivity index (χ0v) is 18.6. The molecule has 0 unspecified atom stereocenters. The van der Waals surface area contributed by atoms with Crippen molar-refractivity contribution in [1.29, 1.82) is 0 Å². The average Bonchev–Trinajstić information content (AvgIpc) is 2.77. The number of piperidine rings is 1. The van der Waals surface area contributed by atoms with E-state index in [2.05, 4.69) is 27.4 Å². The molecule has 1 aliphatic heterocycles. The van der Waals surface area contributed by atoms with Gasteiger partial charge in [0.1, 0.15) is 0 Å². The van der Waals surface area contributed by atoms with Crippen LogP contribution < -0.4 is 10.9 Å². The summed E-state index contributed by atoms with van der Waals surface area (Å²) in [6.07, 6.45) is 1.75. The fourth-order valence-electron chi connectivity index (χ4n) is 4.06. The van der Waals surface area contributed by atoms with E-state index in [4.69, 9.17) is 11.6 Å². The molecule has 0 aliphatic carbocycles. The van der Waals surface area contributed by atoms with E-state index >= 15 is 0 Å². The van der Waals surface area contributed by atoms with E-state index < -0.39 is 0 Å². The fraction of sp³-hybridized carbons (Fsp3) is 0.375. The van der Waals surface area contributed by atoms with Crippen LogP contribution in [0.3, 0.4) is 0 Å². The minimum absolute atomic E-state index is 0.0916. The summed E-state index contributed by atoms with van der Waals surface area (Å²) >= 11 is 5.97. The molecule has 1 amide bonds. The summed E-state index contributed by atoms with van der Waals surface area (Å²) in [5.74, 6) is -0.221. The Morgan fingerprint density at radius 1 is 1.10 bits per heavy atom. The SMILES string of the molecule is CC(C)n1nc(C(=O)NC2CCN(Cc3ccc(Cl)cc3)CC2)c2ccccc2c1=O. The first-order chi connectivity index (χ1) is 14.9. The molecule has 1 N–H and O–H groups in total. The molecule has 0 atom stereocenters. The van der Waals surface area contributed by atoms with Gasteiger partial charge in [0.2, 0.25) is 0 Å². The molecule has 2 heterocycles. The smallest absolute Gasteiger partial charge is 0.274 e. The van der Waals surface area contributed by atoms with Gasteiger partial charge in [-0.2, -0.15) is 5.10 Å². The van der Waals surface area contributed by atoms with Crippen LogP contribution in [-0.4, -0.2) is 39.7 Å². The average molecular weight is 439 g/mol. The van der Waals surface area contributed by atoms with E-state index in [-0.39, 0.29) is 23.6 Å². The molecule has 6 nitrogen and oxygen atoms in total. The molecule has 162 valence electrons. The first-order valence-electron chi connectivity index (χ1n) is 10.7. The zero-order chi connectivity index (χ0) is 22.0. The Morgan fingerprint density at radius 2 is 1.74 bits per heavy atom. The van der Waals surface area contributed by atoms with Gasteiger partial charge in [-0.3, -0.25) is 14.5 Å². The lowest BCUT2D eigenvalue weighted by atomic mass is 10.0. The Balaban J connectivity index is 1.45. The molecule has 1 aromatic heterocycles. The Hall–Kier alpha value is -2.70. The highest BCUT2D eigenvalue weighted by molar-refractivity contribution is 6.30. The third-order valence-electron chi connectivity index (χ3n) is 5.77. The molecular formula is C24H27ClN4O2. The van der Waals surface area contributed by atoms with Crippen LogP contribution in [0.4, 0.5) is 0 Å². The minimum Gasteiger partial charge on any atom is -0.348 e. The number of hydrogen-bond acceptors (Lipinski definition) is 4. The predicted molar refractivity (Wildman–Crippen MR) is 124 cm³/mol. The number of benzene rings is 2. The maximum atomic E-state index is 13.1. The van der Waals surface area contributed by atoms with E-state index in [1.165, 1.54) is 10.2 Å². The second-order valence-electron chi connectivity index (χ2n) is 8.39. The Bertz CT molecular complexity index is 1130. The fourth-order valence-corrected chi connectivity index (χ4v) is 4.19. The zero-order valence-electron chi connectivity index (χ0n) is 17.8. The number of fused-ring (bicyclic) bond motifs is 1. The number of nitrogens with zero attached hydrogens (tertiary/aromatic N) is 3. The maximum Gasteiger partial charge on any atom is 0.274 e. The van der Waals surface area contributed by atoms with E-state index in [1.54, 1.807) is 12.1 Å². The van der Waals surface area contributed by atoms with E-state index in [0.717, 1.165) is 37.5 Å². The van der Waals surface area contributed by atoms with Gasteiger partial charge >= 0.3 is 0 Å². The van der Waals surface area contributed by atoms with Crippen molar-refractivity contribution in [2.45, 2.75) is 45.3 Å². The Morgan fingerprint density at radius 3 is 2.39 bits per heavy atom. The predicted octanol–water partition coefficient (Wildman–Crippen LogP) is 4.03. The summed E-state index contributed by atoms with van der Waals surface area (Å²) in [5, 5.41) is 9.42.